The summed E-state index contributed by atoms with van der Waals surface area (Å²) in [6.45, 7) is 2.96. The minimum atomic E-state index is -0.510. The molecule has 0 radical (unpaired) electrons. The molecule has 1 saturated heterocycles. The second-order valence-electron chi connectivity index (χ2n) is 8.24. The van der Waals surface area contributed by atoms with Gasteiger partial charge in [-0.05, 0) is 49.9 Å². The summed E-state index contributed by atoms with van der Waals surface area (Å²) in [5.74, 6) is -0.0390. The number of nitrogens with zero attached hydrogens (tertiary/aromatic N) is 3. The summed E-state index contributed by atoms with van der Waals surface area (Å²) in [7, 11) is 0. The van der Waals surface area contributed by atoms with Crippen LogP contribution in [0.3, 0.4) is 0 Å². The zero-order valence-electron chi connectivity index (χ0n) is 17.6. The maximum absolute atomic E-state index is 13.3. The fourth-order valence-electron chi connectivity index (χ4n) is 4.28. The predicted octanol–water partition coefficient (Wildman–Crippen LogP) is 3.54. The second kappa shape index (κ2) is 9.20. The third-order valence-electron chi connectivity index (χ3n) is 5.93. The van der Waals surface area contributed by atoms with E-state index in [1.54, 1.807) is 11.6 Å². The highest BCUT2D eigenvalue weighted by molar-refractivity contribution is 6.30. The lowest BCUT2D eigenvalue weighted by molar-refractivity contribution is -0.132. The number of fused-ring (bicyclic) bond motifs is 1. The lowest BCUT2D eigenvalue weighted by atomic mass is 10.0. The highest BCUT2D eigenvalue weighted by atomic mass is 35.5. The van der Waals surface area contributed by atoms with Crippen molar-refractivity contribution in [2.45, 2.75) is 44.7 Å². The predicted molar refractivity (Wildman–Crippen MR) is 123 cm³/mol. The molecule has 0 saturated carbocycles. The standard InChI is InChI=1S/C24H27ClN4O2/c1-16(26)23(30)28-13-4-5-19(12-14-28)29-24(31)21-7-3-2-6-20(21)22(27-29)15-17-8-10-18(25)11-9-17/h2-3,6-11,16,19H,4-5,12-15,26H2,1H3. The van der Waals surface area contributed by atoms with Crippen LogP contribution in [0.2, 0.25) is 5.02 Å². The van der Waals surface area contributed by atoms with Gasteiger partial charge in [0.2, 0.25) is 5.91 Å². The number of amides is 1. The van der Waals surface area contributed by atoms with Gasteiger partial charge in [-0.2, -0.15) is 5.10 Å². The fraction of sp³-hybridized carbons (Fsp3) is 0.375. The summed E-state index contributed by atoms with van der Waals surface area (Å²) in [6, 6.07) is 14.8. The molecular weight excluding hydrogens is 412 g/mol. The lowest BCUT2D eigenvalue weighted by Crippen LogP contribution is -2.42. The smallest absolute Gasteiger partial charge is 0.274 e. The maximum Gasteiger partial charge on any atom is 0.274 e. The third-order valence-corrected chi connectivity index (χ3v) is 6.19. The molecule has 2 heterocycles. The Labute approximate surface area is 186 Å². The highest BCUT2D eigenvalue weighted by Crippen LogP contribution is 2.24. The Morgan fingerprint density at radius 3 is 2.55 bits per heavy atom. The van der Waals surface area contributed by atoms with Gasteiger partial charge in [0.05, 0.1) is 23.2 Å². The first-order valence-corrected chi connectivity index (χ1v) is 11.1. The van der Waals surface area contributed by atoms with E-state index in [0.29, 0.717) is 36.3 Å². The van der Waals surface area contributed by atoms with E-state index in [0.717, 1.165) is 29.5 Å². The number of nitrogens with two attached hydrogens (primary N) is 1. The van der Waals surface area contributed by atoms with Crippen LogP contribution in [0.4, 0.5) is 0 Å². The quantitative estimate of drug-likeness (QED) is 0.675. The molecule has 1 aromatic heterocycles. The van der Waals surface area contributed by atoms with Crippen molar-refractivity contribution in [1.82, 2.24) is 14.7 Å². The normalized spacial score (nSPS) is 18.0. The van der Waals surface area contributed by atoms with Crippen molar-refractivity contribution in [2.24, 2.45) is 5.73 Å². The highest BCUT2D eigenvalue weighted by Gasteiger charge is 2.25. The molecule has 31 heavy (non-hydrogen) atoms. The second-order valence-corrected chi connectivity index (χ2v) is 8.68. The number of carbonyl (C=O) groups excluding carboxylic acids is 1. The monoisotopic (exact) mass is 438 g/mol. The van der Waals surface area contributed by atoms with Crippen LogP contribution >= 0.6 is 11.6 Å². The number of aromatic nitrogens is 2. The van der Waals surface area contributed by atoms with Gasteiger partial charge in [-0.25, -0.2) is 4.68 Å². The van der Waals surface area contributed by atoms with Gasteiger partial charge in [-0.1, -0.05) is 41.9 Å². The van der Waals surface area contributed by atoms with Crippen LogP contribution in [-0.2, 0) is 11.2 Å². The largest absolute Gasteiger partial charge is 0.341 e. The first kappa shape index (κ1) is 21.5. The Morgan fingerprint density at radius 1 is 1.13 bits per heavy atom. The third kappa shape index (κ3) is 4.65. The Balaban J connectivity index is 1.69. The van der Waals surface area contributed by atoms with Crippen molar-refractivity contribution in [3.63, 3.8) is 0 Å². The molecule has 0 bridgehead atoms. The number of benzene rings is 2. The van der Waals surface area contributed by atoms with Crippen LogP contribution in [-0.4, -0.2) is 39.7 Å². The number of likely N-dealkylation sites (tertiary alicyclic amines) is 1. The average molecular weight is 439 g/mol. The molecule has 1 amide bonds. The van der Waals surface area contributed by atoms with Crippen molar-refractivity contribution in [3.05, 3.63) is 75.2 Å². The molecule has 4 rings (SSSR count). The van der Waals surface area contributed by atoms with Crippen LogP contribution in [0.25, 0.3) is 10.8 Å². The number of rotatable bonds is 4. The molecule has 2 N–H and O–H groups in total. The summed E-state index contributed by atoms with van der Waals surface area (Å²) in [4.78, 5) is 27.4. The Kier molecular flexibility index (Phi) is 6.39. The zero-order valence-corrected chi connectivity index (χ0v) is 18.4. The van der Waals surface area contributed by atoms with E-state index in [1.165, 1.54) is 0 Å². The summed E-state index contributed by atoms with van der Waals surface area (Å²) in [5.41, 5.74) is 7.66. The van der Waals surface area contributed by atoms with Gasteiger partial charge >= 0.3 is 0 Å². The molecule has 1 aliphatic rings. The lowest BCUT2D eigenvalue weighted by Gasteiger charge is -2.23. The molecule has 3 aromatic rings. The summed E-state index contributed by atoms with van der Waals surface area (Å²) < 4.78 is 1.65. The molecule has 162 valence electrons. The number of hydrogen-bond donors (Lipinski definition) is 1. The van der Waals surface area contributed by atoms with Crippen molar-refractivity contribution < 1.29 is 4.79 Å². The van der Waals surface area contributed by atoms with E-state index in [2.05, 4.69) is 0 Å². The summed E-state index contributed by atoms with van der Waals surface area (Å²) in [5, 5.41) is 7.07. The van der Waals surface area contributed by atoms with Crippen LogP contribution in [0.5, 0.6) is 0 Å². The van der Waals surface area contributed by atoms with Crippen LogP contribution in [0, 0.1) is 0 Å². The van der Waals surface area contributed by atoms with Crippen LogP contribution in [0.1, 0.15) is 43.5 Å². The van der Waals surface area contributed by atoms with Crippen molar-refractivity contribution in [2.75, 3.05) is 13.1 Å². The molecule has 1 fully saturated rings. The van der Waals surface area contributed by atoms with E-state index in [1.807, 2.05) is 53.4 Å². The van der Waals surface area contributed by atoms with Crippen molar-refractivity contribution in [3.8, 4) is 0 Å². The maximum atomic E-state index is 13.3. The van der Waals surface area contributed by atoms with Crippen LogP contribution in [0.15, 0.2) is 53.3 Å². The van der Waals surface area contributed by atoms with Gasteiger partial charge in [0.1, 0.15) is 0 Å². The van der Waals surface area contributed by atoms with Gasteiger partial charge in [0.15, 0.2) is 0 Å². The van der Waals surface area contributed by atoms with E-state index >= 15 is 0 Å². The van der Waals surface area contributed by atoms with Crippen molar-refractivity contribution in [1.29, 1.82) is 0 Å². The Hall–Kier alpha value is -2.70. The first-order valence-electron chi connectivity index (χ1n) is 10.7. The van der Waals surface area contributed by atoms with Crippen molar-refractivity contribution >= 4 is 28.3 Å². The van der Waals surface area contributed by atoms with Gasteiger partial charge in [-0.3, -0.25) is 9.59 Å². The molecule has 2 aromatic carbocycles. The van der Waals surface area contributed by atoms with E-state index < -0.39 is 6.04 Å². The molecule has 0 aliphatic carbocycles. The Morgan fingerprint density at radius 2 is 1.84 bits per heavy atom. The van der Waals surface area contributed by atoms with Gasteiger partial charge in [0.25, 0.3) is 5.56 Å². The van der Waals surface area contributed by atoms with E-state index in [-0.39, 0.29) is 17.5 Å². The first-order chi connectivity index (χ1) is 14.9. The van der Waals surface area contributed by atoms with Gasteiger partial charge < -0.3 is 10.6 Å². The minimum absolute atomic E-state index is 0.0390. The summed E-state index contributed by atoms with van der Waals surface area (Å²) >= 11 is 6.03. The van der Waals surface area contributed by atoms with E-state index in [9.17, 15) is 9.59 Å². The van der Waals surface area contributed by atoms with Crippen LogP contribution < -0.4 is 11.3 Å². The number of carbonyl (C=O) groups is 1. The van der Waals surface area contributed by atoms with Gasteiger partial charge in [0, 0.05) is 29.9 Å². The molecule has 6 nitrogen and oxygen atoms in total. The average Bonchev–Trinajstić information content (AvgIpc) is 3.03. The summed E-state index contributed by atoms with van der Waals surface area (Å²) in [6.07, 6.45) is 2.91. The minimum Gasteiger partial charge on any atom is -0.341 e. The molecular formula is C24H27ClN4O2. The molecule has 7 heteroatoms. The number of hydrogen-bond acceptors (Lipinski definition) is 4. The zero-order chi connectivity index (χ0) is 22.0. The van der Waals surface area contributed by atoms with E-state index in [4.69, 9.17) is 22.4 Å². The molecule has 2 atom stereocenters. The molecule has 2 unspecified atom stereocenters. The molecule has 1 aliphatic heterocycles. The SMILES string of the molecule is CC(N)C(=O)N1CCCC(n2nc(Cc3ccc(Cl)cc3)c3ccccc3c2=O)CC1. The number of halogens is 1. The fourth-order valence-corrected chi connectivity index (χ4v) is 4.41. The van der Waals surface area contributed by atoms with Gasteiger partial charge in [-0.15, -0.1) is 0 Å². The molecule has 0 spiro atoms. The topological polar surface area (TPSA) is 81.2 Å². The Bertz CT molecular complexity index is 1140.